The van der Waals surface area contributed by atoms with E-state index in [1.165, 1.54) is 0 Å². The van der Waals surface area contributed by atoms with Crippen LogP contribution in [0.15, 0.2) is 39.5 Å². The average molecular weight is 240 g/mol. The summed E-state index contributed by atoms with van der Waals surface area (Å²) in [7, 11) is 0. The molecule has 0 atom stereocenters. The molecule has 0 saturated heterocycles. The Hall–Kier alpha value is -2.29. The average Bonchev–Trinajstić information content (AvgIpc) is 2.35. The van der Waals surface area contributed by atoms with Crippen LogP contribution in [0.3, 0.4) is 0 Å². The quantitative estimate of drug-likeness (QED) is 0.484. The van der Waals surface area contributed by atoms with Crippen LogP contribution in [0, 0.1) is 13.8 Å². The predicted octanol–water partition coefficient (Wildman–Crippen LogP) is 3.27. The van der Waals surface area contributed by atoms with Crippen molar-refractivity contribution in [3.63, 3.8) is 0 Å². The van der Waals surface area contributed by atoms with Crippen LogP contribution in [0.1, 0.15) is 11.1 Å². The van der Waals surface area contributed by atoms with Gasteiger partial charge in [0.15, 0.2) is 0 Å². The molecule has 0 aliphatic rings. The number of hydrogen-bond donors (Lipinski definition) is 1. The van der Waals surface area contributed by atoms with Crippen molar-refractivity contribution in [3.8, 4) is 5.75 Å². The van der Waals surface area contributed by atoms with E-state index in [0.717, 1.165) is 16.3 Å². The zero-order valence-electron chi connectivity index (χ0n) is 10.2. The summed E-state index contributed by atoms with van der Waals surface area (Å²) in [5.41, 5.74) is 1.71. The minimum Gasteiger partial charge on any atom is -0.507 e. The maximum Gasteiger partial charge on any atom is 0.347 e. The lowest BCUT2D eigenvalue weighted by Crippen LogP contribution is -2.01. The van der Waals surface area contributed by atoms with Crippen LogP contribution >= 0.6 is 0 Å². The number of phenols is 1. The Bertz CT molecular complexity index is 828. The molecule has 3 nitrogen and oxygen atoms in total. The molecule has 0 unspecified atom stereocenters. The van der Waals surface area contributed by atoms with Crippen molar-refractivity contribution in [1.82, 2.24) is 0 Å². The number of aromatic hydroxyl groups is 1. The summed E-state index contributed by atoms with van der Waals surface area (Å²) in [4.78, 5) is 12.0. The molecule has 90 valence electrons. The smallest absolute Gasteiger partial charge is 0.347 e. The highest BCUT2D eigenvalue weighted by molar-refractivity contribution is 6.07. The van der Waals surface area contributed by atoms with Gasteiger partial charge in [0, 0.05) is 10.8 Å². The number of phenolic OH excluding ortho intramolecular Hbond substituents is 1. The summed E-state index contributed by atoms with van der Waals surface area (Å²) in [6, 6.07) is 9.26. The van der Waals surface area contributed by atoms with Gasteiger partial charge in [-0.3, -0.25) is 0 Å². The van der Waals surface area contributed by atoms with Gasteiger partial charge >= 0.3 is 5.63 Å². The van der Waals surface area contributed by atoms with Crippen molar-refractivity contribution in [1.29, 1.82) is 0 Å². The second kappa shape index (κ2) is 3.60. The molecule has 3 heteroatoms. The molecule has 18 heavy (non-hydrogen) atoms. The highest BCUT2D eigenvalue weighted by atomic mass is 16.4. The number of para-hydroxylation sites is 1. The van der Waals surface area contributed by atoms with E-state index < -0.39 is 5.63 Å². The Kier molecular flexibility index (Phi) is 2.17. The summed E-state index contributed by atoms with van der Waals surface area (Å²) in [6.07, 6.45) is 0. The number of hydrogen-bond acceptors (Lipinski definition) is 3. The molecule has 0 saturated carbocycles. The molecule has 0 aliphatic carbocycles. The molecule has 1 N–H and O–H groups in total. The molecule has 0 spiro atoms. The van der Waals surface area contributed by atoms with Crippen LogP contribution in [-0.2, 0) is 0 Å². The molecule has 0 bridgehead atoms. The van der Waals surface area contributed by atoms with E-state index in [4.69, 9.17) is 4.42 Å². The van der Waals surface area contributed by atoms with Gasteiger partial charge in [-0.25, -0.2) is 4.79 Å². The fourth-order valence-corrected chi connectivity index (χ4v) is 2.25. The summed E-state index contributed by atoms with van der Waals surface area (Å²) >= 11 is 0. The van der Waals surface area contributed by atoms with Crippen molar-refractivity contribution in [2.75, 3.05) is 0 Å². The van der Waals surface area contributed by atoms with Crippen LogP contribution in [-0.4, -0.2) is 5.11 Å². The maximum absolute atomic E-state index is 12.0. The van der Waals surface area contributed by atoms with E-state index in [-0.39, 0.29) is 11.1 Å². The lowest BCUT2D eigenvalue weighted by Gasteiger charge is -2.08. The molecule has 0 fully saturated rings. The topological polar surface area (TPSA) is 50.4 Å². The Labute approximate surface area is 103 Å². The molecule has 1 heterocycles. The molecule has 3 rings (SSSR count). The van der Waals surface area contributed by atoms with E-state index >= 15 is 0 Å². The Balaban J connectivity index is 2.70. The zero-order valence-corrected chi connectivity index (χ0v) is 10.2. The second-order valence-corrected chi connectivity index (χ2v) is 4.48. The van der Waals surface area contributed by atoms with Gasteiger partial charge in [0.2, 0.25) is 0 Å². The first-order valence-electron chi connectivity index (χ1n) is 5.74. The molecular formula is C15H12O3. The van der Waals surface area contributed by atoms with Gasteiger partial charge in [-0.05, 0) is 37.1 Å². The molecule has 0 aliphatic heterocycles. The van der Waals surface area contributed by atoms with Crippen LogP contribution < -0.4 is 5.63 Å². The molecule has 1 aromatic heterocycles. The summed E-state index contributed by atoms with van der Waals surface area (Å²) in [5.74, 6) is 0.0181. The molecular weight excluding hydrogens is 228 g/mol. The van der Waals surface area contributed by atoms with Gasteiger partial charge in [-0.15, -0.1) is 0 Å². The third-order valence-electron chi connectivity index (χ3n) is 3.40. The first-order chi connectivity index (χ1) is 8.59. The van der Waals surface area contributed by atoms with E-state index in [1.54, 1.807) is 13.0 Å². The van der Waals surface area contributed by atoms with E-state index in [1.807, 2.05) is 31.2 Å². The fraction of sp³-hybridized carbons (Fsp3) is 0.133. The minimum absolute atomic E-state index is 0.0181. The van der Waals surface area contributed by atoms with Gasteiger partial charge < -0.3 is 9.52 Å². The van der Waals surface area contributed by atoms with Gasteiger partial charge in [0.25, 0.3) is 0 Å². The van der Waals surface area contributed by atoms with Crippen molar-refractivity contribution in [2.24, 2.45) is 0 Å². The van der Waals surface area contributed by atoms with Crippen molar-refractivity contribution >= 4 is 21.7 Å². The summed E-state index contributed by atoms with van der Waals surface area (Å²) in [6.45, 7) is 3.70. The maximum atomic E-state index is 12.0. The number of aryl methyl sites for hydroxylation is 1. The Morgan fingerprint density at radius 3 is 2.61 bits per heavy atom. The summed E-state index contributed by atoms with van der Waals surface area (Å²) in [5, 5.41) is 12.0. The third-order valence-corrected chi connectivity index (χ3v) is 3.40. The molecule has 3 aromatic rings. The van der Waals surface area contributed by atoms with Crippen molar-refractivity contribution < 1.29 is 9.52 Å². The van der Waals surface area contributed by atoms with Crippen LogP contribution in [0.5, 0.6) is 5.75 Å². The molecule has 2 aromatic carbocycles. The third kappa shape index (κ3) is 1.34. The Morgan fingerprint density at radius 2 is 1.83 bits per heavy atom. The van der Waals surface area contributed by atoms with E-state index in [9.17, 15) is 9.90 Å². The van der Waals surface area contributed by atoms with Gasteiger partial charge in [-0.2, -0.15) is 0 Å². The second-order valence-electron chi connectivity index (χ2n) is 4.48. The molecule has 0 radical (unpaired) electrons. The minimum atomic E-state index is -0.496. The van der Waals surface area contributed by atoms with Crippen molar-refractivity contribution in [2.45, 2.75) is 13.8 Å². The largest absolute Gasteiger partial charge is 0.507 e. The van der Waals surface area contributed by atoms with E-state index in [0.29, 0.717) is 11.1 Å². The van der Waals surface area contributed by atoms with Crippen LogP contribution in [0.25, 0.3) is 21.7 Å². The standard InChI is InChI=1S/C15H12O3/c1-8-7-11-10-5-3-4-6-12(10)18-15(17)13(11)14(16)9(8)2/h3-7,16H,1-2H3. The number of fused-ring (bicyclic) bond motifs is 3. The normalized spacial score (nSPS) is 11.2. The number of benzene rings is 2. The fourth-order valence-electron chi connectivity index (χ4n) is 2.25. The monoisotopic (exact) mass is 240 g/mol. The highest BCUT2D eigenvalue weighted by Crippen LogP contribution is 2.32. The first-order valence-corrected chi connectivity index (χ1v) is 5.74. The SMILES string of the molecule is Cc1cc2c(c(O)c1C)c(=O)oc1ccccc12. The van der Waals surface area contributed by atoms with Gasteiger partial charge in [0.1, 0.15) is 16.7 Å². The van der Waals surface area contributed by atoms with E-state index in [2.05, 4.69) is 0 Å². The zero-order chi connectivity index (χ0) is 12.9. The van der Waals surface area contributed by atoms with Crippen molar-refractivity contribution in [3.05, 3.63) is 51.9 Å². The highest BCUT2D eigenvalue weighted by Gasteiger charge is 2.14. The lowest BCUT2D eigenvalue weighted by atomic mass is 10.00. The van der Waals surface area contributed by atoms with Gasteiger partial charge in [0.05, 0.1) is 0 Å². The van der Waals surface area contributed by atoms with Crippen LogP contribution in [0.2, 0.25) is 0 Å². The molecule has 0 amide bonds. The summed E-state index contributed by atoms with van der Waals surface area (Å²) < 4.78 is 5.24. The van der Waals surface area contributed by atoms with Gasteiger partial charge in [-0.1, -0.05) is 18.2 Å². The van der Waals surface area contributed by atoms with Crippen LogP contribution in [0.4, 0.5) is 0 Å². The Morgan fingerprint density at radius 1 is 1.11 bits per heavy atom. The predicted molar refractivity (Wildman–Crippen MR) is 71.1 cm³/mol. The first kappa shape index (κ1) is 10.8. The lowest BCUT2D eigenvalue weighted by molar-refractivity contribution is 0.473. The number of rotatable bonds is 0.